The largest absolute Gasteiger partial charge is 0.266 e. The summed E-state index contributed by atoms with van der Waals surface area (Å²) in [6.45, 7) is 0. The van der Waals surface area contributed by atoms with Gasteiger partial charge in [-0.15, -0.1) is 0 Å². The summed E-state index contributed by atoms with van der Waals surface area (Å²) in [5.41, 5.74) is 5.81. The fourth-order valence-corrected chi connectivity index (χ4v) is 1.19. The van der Waals surface area contributed by atoms with Gasteiger partial charge in [-0.05, 0) is 12.8 Å². The normalized spacial score (nSPS) is 27.1. The van der Waals surface area contributed by atoms with Crippen LogP contribution in [0.5, 0.6) is 0 Å². The van der Waals surface area contributed by atoms with Gasteiger partial charge in [0.1, 0.15) is 6.17 Å². The first kappa shape index (κ1) is 5.02. The fraction of sp³-hybridized carbons (Fsp3) is 1.00. The average molecular weight is 126 g/mol. The molecule has 4 heteroatoms. The van der Waals surface area contributed by atoms with E-state index >= 15 is 0 Å². The zero-order valence-electron chi connectivity index (χ0n) is 5.17. The molecule has 2 rings (SSSR count). The molecule has 1 fully saturated rings. The van der Waals surface area contributed by atoms with E-state index in [1.54, 1.807) is 0 Å². The van der Waals surface area contributed by atoms with Crippen LogP contribution in [0, 0.1) is 5.92 Å². The maximum atomic E-state index is 3.63. The molecule has 0 radical (unpaired) electrons. The molecular weight excluding hydrogens is 116 g/mol. The quantitative estimate of drug-likeness (QED) is 0.540. The topological polar surface area (TPSA) is 48.8 Å². The molecule has 4 nitrogen and oxygen atoms in total. The van der Waals surface area contributed by atoms with Gasteiger partial charge in [0.2, 0.25) is 0 Å². The van der Waals surface area contributed by atoms with Crippen LogP contribution in [0.1, 0.15) is 19.3 Å². The minimum absolute atomic E-state index is 0.332. The summed E-state index contributed by atoms with van der Waals surface area (Å²) in [5.74, 6) is 0.764. The number of hydrogen-bond donors (Lipinski definition) is 2. The molecule has 2 aliphatic rings. The van der Waals surface area contributed by atoms with Gasteiger partial charge in [-0.2, -0.15) is 0 Å². The van der Waals surface area contributed by atoms with Crippen molar-refractivity contribution >= 4 is 0 Å². The van der Waals surface area contributed by atoms with Gasteiger partial charge in [-0.3, -0.25) is 10.9 Å². The number of rotatable bonds is 1. The van der Waals surface area contributed by atoms with Gasteiger partial charge < -0.3 is 0 Å². The maximum Gasteiger partial charge on any atom is 0.134 e. The van der Waals surface area contributed by atoms with Gasteiger partial charge in [0.15, 0.2) is 0 Å². The van der Waals surface area contributed by atoms with Crippen molar-refractivity contribution in [2.24, 2.45) is 16.4 Å². The SMILES string of the molecule is C1CC(C2NN=NN2)C1. The van der Waals surface area contributed by atoms with E-state index in [1.807, 2.05) is 0 Å². The first-order chi connectivity index (χ1) is 4.47. The molecule has 50 valence electrons. The molecule has 0 amide bonds. The standard InChI is InChI=1S/C5H10N4/c1-2-4(3-1)5-6-8-9-7-5/h4-5H,1-3H2,(H,6,9)(H,7,8). The second kappa shape index (κ2) is 1.86. The molecule has 1 heterocycles. The van der Waals surface area contributed by atoms with Crippen molar-refractivity contribution in [1.82, 2.24) is 10.9 Å². The summed E-state index contributed by atoms with van der Waals surface area (Å²) in [6.07, 6.45) is 4.33. The molecule has 9 heavy (non-hydrogen) atoms. The zero-order chi connectivity index (χ0) is 6.10. The lowest BCUT2D eigenvalue weighted by atomic mass is 9.83. The first-order valence-corrected chi connectivity index (χ1v) is 3.37. The van der Waals surface area contributed by atoms with E-state index in [1.165, 1.54) is 19.3 Å². The van der Waals surface area contributed by atoms with E-state index in [9.17, 15) is 0 Å². The number of nitrogens with zero attached hydrogens (tertiary/aromatic N) is 2. The predicted octanol–water partition coefficient (Wildman–Crippen LogP) is 0.588. The third-order valence-electron chi connectivity index (χ3n) is 2.06. The summed E-state index contributed by atoms with van der Waals surface area (Å²) >= 11 is 0. The molecular formula is C5H10N4. The summed E-state index contributed by atoms with van der Waals surface area (Å²) in [6, 6.07) is 0. The highest BCUT2D eigenvalue weighted by Gasteiger charge is 2.28. The lowest BCUT2D eigenvalue weighted by Gasteiger charge is -2.29. The minimum Gasteiger partial charge on any atom is -0.266 e. The van der Waals surface area contributed by atoms with E-state index in [2.05, 4.69) is 21.3 Å². The summed E-state index contributed by atoms with van der Waals surface area (Å²) < 4.78 is 0. The molecule has 2 N–H and O–H groups in total. The Balaban J connectivity index is 1.85. The molecule has 0 aromatic carbocycles. The second-order valence-electron chi connectivity index (χ2n) is 2.63. The number of hydrogen-bond acceptors (Lipinski definition) is 4. The maximum absolute atomic E-state index is 3.63. The van der Waals surface area contributed by atoms with Crippen LogP contribution in [-0.2, 0) is 0 Å². The van der Waals surface area contributed by atoms with Crippen molar-refractivity contribution in [3.63, 3.8) is 0 Å². The molecule has 1 aliphatic carbocycles. The fourth-order valence-electron chi connectivity index (χ4n) is 1.19. The third kappa shape index (κ3) is 0.742. The van der Waals surface area contributed by atoms with E-state index < -0.39 is 0 Å². The Morgan fingerprint density at radius 3 is 2.22 bits per heavy atom. The van der Waals surface area contributed by atoms with Crippen molar-refractivity contribution in [1.29, 1.82) is 0 Å². The van der Waals surface area contributed by atoms with Crippen LogP contribution in [0.15, 0.2) is 10.4 Å². The molecule has 0 unspecified atom stereocenters. The summed E-state index contributed by atoms with van der Waals surface area (Å²) in [4.78, 5) is 0. The first-order valence-electron chi connectivity index (χ1n) is 3.37. The molecule has 0 atom stereocenters. The van der Waals surface area contributed by atoms with Crippen LogP contribution in [-0.4, -0.2) is 6.17 Å². The molecule has 1 saturated carbocycles. The van der Waals surface area contributed by atoms with E-state index in [4.69, 9.17) is 0 Å². The van der Waals surface area contributed by atoms with Crippen molar-refractivity contribution in [2.75, 3.05) is 0 Å². The lowest BCUT2D eigenvalue weighted by Crippen LogP contribution is -2.41. The molecule has 0 spiro atoms. The van der Waals surface area contributed by atoms with Gasteiger partial charge in [0.05, 0.1) is 0 Å². The zero-order valence-corrected chi connectivity index (χ0v) is 5.17. The minimum atomic E-state index is 0.332. The second-order valence-corrected chi connectivity index (χ2v) is 2.63. The van der Waals surface area contributed by atoms with E-state index in [-0.39, 0.29) is 0 Å². The van der Waals surface area contributed by atoms with Crippen LogP contribution >= 0.6 is 0 Å². The Morgan fingerprint density at radius 2 is 1.78 bits per heavy atom. The van der Waals surface area contributed by atoms with Crippen molar-refractivity contribution in [2.45, 2.75) is 25.4 Å². The Bertz CT molecular complexity index is 121. The van der Waals surface area contributed by atoms with Gasteiger partial charge in [-0.1, -0.05) is 16.9 Å². The Morgan fingerprint density at radius 1 is 1.11 bits per heavy atom. The number of nitrogens with one attached hydrogen (secondary N) is 2. The van der Waals surface area contributed by atoms with Crippen LogP contribution in [0.2, 0.25) is 0 Å². The van der Waals surface area contributed by atoms with E-state index in [0.29, 0.717) is 6.17 Å². The van der Waals surface area contributed by atoms with Crippen LogP contribution in [0.25, 0.3) is 0 Å². The molecule has 0 aromatic heterocycles. The Hall–Kier alpha value is -0.800. The lowest BCUT2D eigenvalue weighted by molar-refractivity contribution is 0.222. The van der Waals surface area contributed by atoms with Crippen molar-refractivity contribution < 1.29 is 0 Å². The van der Waals surface area contributed by atoms with Crippen LogP contribution in [0.4, 0.5) is 0 Å². The van der Waals surface area contributed by atoms with Crippen LogP contribution in [0.3, 0.4) is 0 Å². The van der Waals surface area contributed by atoms with Gasteiger partial charge in [0, 0.05) is 5.92 Å². The third-order valence-corrected chi connectivity index (χ3v) is 2.06. The molecule has 0 bridgehead atoms. The van der Waals surface area contributed by atoms with Gasteiger partial charge in [0.25, 0.3) is 0 Å². The molecule has 0 saturated heterocycles. The summed E-state index contributed by atoms with van der Waals surface area (Å²) in [7, 11) is 0. The van der Waals surface area contributed by atoms with Gasteiger partial charge in [-0.25, -0.2) is 0 Å². The van der Waals surface area contributed by atoms with Gasteiger partial charge >= 0.3 is 0 Å². The van der Waals surface area contributed by atoms with Crippen molar-refractivity contribution in [3.8, 4) is 0 Å². The smallest absolute Gasteiger partial charge is 0.134 e. The molecule has 0 aromatic rings. The van der Waals surface area contributed by atoms with E-state index in [0.717, 1.165) is 5.92 Å². The van der Waals surface area contributed by atoms with Crippen LogP contribution < -0.4 is 10.9 Å². The predicted molar refractivity (Wildman–Crippen MR) is 32.3 cm³/mol. The highest BCUT2D eigenvalue weighted by molar-refractivity contribution is 4.79. The van der Waals surface area contributed by atoms with Crippen molar-refractivity contribution in [3.05, 3.63) is 0 Å². The average Bonchev–Trinajstić information content (AvgIpc) is 2.11. The monoisotopic (exact) mass is 126 g/mol. The highest BCUT2D eigenvalue weighted by Crippen LogP contribution is 2.29. The molecule has 1 aliphatic heterocycles. The Kier molecular flexibility index (Phi) is 1.04. The Labute approximate surface area is 53.7 Å². The highest BCUT2D eigenvalue weighted by atomic mass is 15.7. The summed E-state index contributed by atoms with van der Waals surface area (Å²) in [5, 5.41) is 7.26.